The van der Waals surface area contributed by atoms with Gasteiger partial charge in [0.15, 0.2) is 5.82 Å². The molecule has 1 aliphatic carbocycles. The fourth-order valence-corrected chi connectivity index (χ4v) is 7.37. The van der Waals surface area contributed by atoms with Crippen molar-refractivity contribution in [2.24, 2.45) is 0 Å². The van der Waals surface area contributed by atoms with Gasteiger partial charge in [0.05, 0.1) is 22.2 Å². The van der Waals surface area contributed by atoms with Crippen molar-refractivity contribution >= 4 is 32.7 Å². The van der Waals surface area contributed by atoms with Crippen LogP contribution in [0.25, 0.3) is 72.2 Å². The molecule has 6 aromatic carbocycles. The van der Waals surface area contributed by atoms with Crippen molar-refractivity contribution in [3.05, 3.63) is 151 Å². The van der Waals surface area contributed by atoms with E-state index < -0.39 is 0 Å². The normalized spacial score (nSPS) is 13.4. The first kappa shape index (κ1) is 25.0. The third-order valence-electron chi connectivity index (χ3n) is 9.37. The average molecular weight is 564 g/mol. The first-order chi connectivity index (χ1) is 21.6. The lowest BCUT2D eigenvalue weighted by Crippen LogP contribution is -2.16. The van der Waals surface area contributed by atoms with Crippen molar-refractivity contribution in [1.82, 2.24) is 14.5 Å². The van der Waals surface area contributed by atoms with E-state index in [1.54, 1.807) is 0 Å². The van der Waals surface area contributed by atoms with Crippen LogP contribution in [0, 0.1) is 0 Å². The Morgan fingerprint density at radius 3 is 2.07 bits per heavy atom. The summed E-state index contributed by atoms with van der Waals surface area (Å²) in [7, 11) is 0. The molecule has 0 amide bonds. The molecule has 0 unspecified atom stereocenters. The molecule has 2 aromatic heterocycles. The van der Waals surface area contributed by atoms with Crippen molar-refractivity contribution in [2.45, 2.75) is 19.3 Å². The summed E-state index contributed by atoms with van der Waals surface area (Å²) in [5.41, 5.74) is 12.8. The van der Waals surface area contributed by atoms with Crippen molar-refractivity contribution < 1.29 is 0 Å². The summed E-state index contributed by atoms with van der Waals surface area (Å²) < 4.78 is 2.47. The average Bonchev–Trinajstić information content (AvgIpc) is 3.53. The van der Waals surface area contributed by atoms with Gasteiger partial charge in [-0.2, -0.15) is 0 Å². The summed E-state index contributed by atoms with van der Waals surface area (Å²) in [4.78, 5) is 10.2. The standard InChI is InChI=1S/C41H29N3/c1-41(2)34-19-11-9-17-29(34)31-22-23-32-30-18-10-12-20-36(30)44(39(32)37(31)41)28-21-24-35-33(25-28)38(26-13-5-3-6-14-26)43-40(42-35)27-15-7-4-8-16-27/h3-25H,1-2H3. The van der Waals surface area contributed by atoms with Gasteiger partial charge in [-0.25, -0.2) is 9.97 Å². The predicted molar refractivity (Wildman–Crippen MR) is 182 cm³/mol. The minimum absolute atomic E-state index is 0.142. The van der Waals surface area contributed by atoms with Gasteiger partial charge in [-0.15, -0.1) is 0 Å². The quantitative estimate of drug-likeness (QED) is 0.214. The minimum Gasteiger partial charge on any atom is -0.309 e. The summed E-state index contributed by atoms with van der Waals surface area (Å²) in [6, 6.07) is 49.7. The molecule has 44 heavy (non-hydrogen) atoms. The van der Waals surface area contributed by atoms with Crippen molar-refractivity contribution in [3.63, 3.8) is 0 Å². The third-order valence-corrected chi connectivity index (χ3v) is 9.37. The van der Waals surface area contributed by atoms with E-state index in [9.17, 15) is 0 Å². The number of hydrogen-bond donors (Lipinski definition) is 0. The summed E-state index contributed by atoms with van der Waals surface area (Å²) in [5.74, 6) is 0.735. The molecule has 0 spiro atoms. The molecule has 3 nitrogen and oxygen atoms in total. The first-order valence-electron chi connectivity index (χ1n) is 15.2. The van der Waals surface area contributed by atoms with Crippen molar-refractivity contribution in [1.29, 1.82) is 0 Å². The molecule has 2 heterocycles. The van der Waals surface area contributed by atoms with Crippen molar-refractivity contribution in [3.8, 4) is 39.5 Å². The lowest BCUT2D eigenvalue weighted by atomic mass is 9.81. The molecule has 0 fully saturated rings. The number of benzene rings is 6. The molecule has 0 aliphatic heterocycles. The maximum Gasteiger partial charge on any atom is 0.160 e. The monoisotopic (exact) mass is 563 g/mol. The Morgan fingerprint density at radius 2 is 1.25 bits per heavy atom. The zero-order chi connectivity index (χ0) is 29.4. The fraction of sp³-hybridized carbons (Fsp3) is 0.0732. The van der Waals surface area contributed by atoms with E-state index in [0.29, 0.717) is 0 Å². The molecule has 0 saturated carbocycles. The van der Waals surface area contributed by atoms with Gasteiger partial charge in [0, 0.05) is 38.4 Å². The van der Waals surface area contributed by atoms with E-state index in [0.717, 1.165) is 39.2 Å². The molecule has 208 valence electrons. The largest absolute Gasteiger partial charge is 0.309 e. The molecule has 0 atom stereocenters. The highest BCUT2D eigenvalue weighted by atomic mass is 15.0. The second-order valence-corrected chi connectivity index (χ2v) is 12.2. The predicted octanol–water partition coefficient (Wildman–Crippen LogP) is 10.4. The van der Waals surface area contributed by atoms with E-state index in [-0.39, 0.29) is 5.41 Å². The van der Waals surface area contributed by atoms with Crippen LogP contribution >= 0.6 is 0 Å². The summed E-state index contributed by atoms with van der Waals surface area (Å²) >= 11 is 0. The van der Waals surface area contributed by atoms with Crippen molar-refractivity contribution in [2.75, 3.05) is 0 Å². The number of rotatable bonds is 3. The second kappa shape index (κ2) is 9.23. The van der Waals surface area contributed by atoms with Crippen LogP contribution in [0.3, 0.4) is 0 Å². The first-order valence-corrected chi connectivity index (χ1v) is 15.2. The summed E-state index contributed by atoms with van der Waals surface area (Å²) in [6.07, 6.45) is 0. The molecule has 1 aliphatic rings. The topological polar surface area (TPSA) is 30.7 Å². The van der Waals surface area contributed by atoms with Gasteiger partial charge < -0.3 is 4.57 Å². The molecule has 8 aromatic rings. The van der Waals surface area contributed by atoms with Gasteiger partial charge >= 0.3 is 0 Å². The maximum atomic E-state index is 5.18. The molecular weight excluding hydrogens is 534 g/mol. The molecule has 0 bridgehead atoms. The SMILES string of the molecule is CC1(C)c2ccccc2-c2ccc3c4ccccc4n(-c4ccc5nc(-c6ccccc6)nc(-c6ccccc6)c5c4)c3c21. The lowest BCUT2D eigenvalue weighted by Gasteiger charge is -2.23. The highest BCUT2D eigenvalue weighted by Crippen LogP contribution is 2.53. The second-order valence-electron chi connectivity index (χ2n) is 12.2. The molecule has 0 N–H and O–H groups in total. The zero-order valence-electron chi connectivity index (χ0n) is 24.6. The van der Waals surface area contributed by atoms with Gasteiger partial charge in [-0.3, -0.25) is 0 Å². The van der Waals surface area contributed by atoms with Crippen LogP contribution < -0.4 is 0 Å². The van der Waals surface area contributed by atoms with E-state index in [1.165, 1.54) is 44.1 Å². The Kier molecular flexibility index (Phi) is 5.24. The smallest absolute Gasteiger partial charge is 0.160 e. The highest BCUT2D eigenvalue weighted by molar-refractivity contribution is 6.13. The van der Waals surface area contributed by atoms with Crippen LogP contribution in [0.4, 0.5) is 0 Å². The summed E-state index contributed by atoms with van der Waals surface area (Å²) in [6.45, 7) is 4.73. The minimum atomic E-state index is -0.142. The molecule has 0 radical (unpaired) electrons. The van der Waals surface area contributed by atoms with E-state index >= 15 is 0 Å². The molecule has 3 heteroatoms. The Balaban J connectivity index is 1.37. The fourth-order valence-electron chi connectivity index (χ4n) is 7.37. The number of para-hydroxylation sites is 1. The van der Waals surface area contributed by atoms with Gasteiger partial charge in [-0.05, 0) is 46.5 Å². The molecular formula is C41H29N3. The van der Waals surface area contributed by atoms with E-state index in [1.807, 2.05) is 18.2 Å². The van der Waals surface area contributed by atoms with Crippen LogP contribution in [-0.4, -0.2) is 14.5 Å². The van der Waals surface area contributed by atoms with E-state index in [2.05, 4.69) is 140 Å². The number of aromatic nitrogens is 3. The highest BCUT2D eigenvalue weighted by Gasteiger charge is 2.38. The summed E-state index contributed by atoms with van der Waals surface area (Å²) in [5, 5.41) is 3.57. The van der Waals surface area contributed by atoms with Crippen LogP contribution in [0.2, 0.25) is 0 Å². The van der Waals surface area contributed by atoms with Crippen LogP contribution in [0.1, 0.15) is 25.0 Å². The van der Waals surface area contributed by atoms with Gasteiger partial charge in [0.1, 0.15) is 0 Å². The zero-order valence-corrected chi connectivity index (χ0v) is 24.6. The van der Waals surface area contributed by atoms with Gasteiger partial charge in [0.25, 0.3) is 0 Å². The Labute approximate surface area is 256 Å². The maximum absolute atomic E-state index is 5.18. The van der Waals surface area contributed by atoms with E-state index in [4.69, 9.17) is 9.97 Å². The van der Waals surface area contributed by atoms with Crippen LogP contribution in [-0.2, 0) is 5.41 Å². The molecule has 9 rings (SSSR count). The Hall–Kier alpha value is -5.54. The van der Waals surface area contributed by atoms with Gasteiger partial charge in [0.2, 0.25) is 0 Å². The Morgan fingerprint density at radius 1 is 0.545 bits per heavy atom. The van der Waals surface area contributed by atoms with Crippen LogP contribution in [0.15, 0.2) is 140 Å². The number of hydrogen-bond acceptors (Lipinski definition) is 2. The Bertz CT molecular complexity index is 2400. The number of nitrogens with zero attached hydrogens (tertiary/aromatic N) is 3. The lowest BCUT2D eigenvalue weighted by molar-refractivity contribution is 0.664. The third kappa shape index (κ3) is 3.50. The van der Waals surface area contributed by atoms with Crippen LogP contribution in [0.5, 0.6) is 0 Å². The van der Waals surface area contributed by atoms with Gasteiger partial charge in [-0.1, -0.05) is 129 Å². The number of fused-ring (bicyclic) bond motifs is 8. The molecule has 0 saturated heterocycles.